The predicted molar refractivity (Wildman–Crippen MR) is 89.7 cm³/mol. The third kappa shape index (κ3) is 3.88. The highest BCUT2D eigenvalue weighted by atomic mass is 79.9. The minimum absolute atomic E-state index is 0.0138. The molecule has 0 unspecified atom stereocenters. The summed E-state index contributed by atoms with van der Waals surface area (Å²) >= 11 is 3.35. The Bertz CT molecular complexity index is 604. The van der Waals surface area contributed by atoms with E-state index in [9.17, 15) is 4.79 Å². The smallest absolute Gasteiger partial charge is 0.270 e. The van der Waals surface area contributed by atoms with Gasteiger partial charge in [0.15, 0.2) is 0 Å². The summed E-state index contributed by atoms with van der Waals surface area (Å²) in [6, 6.07) is 10.1. The van der Waals surface area contributed by atoms with Crippen molar-refractivity contribution in [3.8, 4) is 0 Å². The number of amides is 1. The second-order valence-electron chi connectivity index (χ2n) is 5.11. The molecule has 2 rings (SSSR count). The number of hydrogen-bond donors (Lipinski definition) is 1. The summed E-state index contributed by atoms with van der Waals surface area (Å²) in [6.07, 6.45) is 1.77. The number of rotatable bonds is 5. The van der Waals surface area contributed by atoms with Gasteiger partial charge in [0.1, 0.15) is 5.69 Å². The summed E-state index contributed by atoms with van der Waals surface area (Å²) in [4.78, 5) is 19.3. The van der Waals surface area contributed by atoms with Crippen molar-refractivity contribution < 1.29 is 4.79 Å². The molecule has 0 fully saturated rings. The highest BCUT2D eigenvalue weighted by Gasteiger charge is 2.16. The molecule has 1 amide bonds. The van der Waals surface area contributed by atoms with Gasteiger partial charge in [-0.3, -0.25) is 4.79 Å². The Morgan fingerprint density at radius 2 is 1.90 bits per heavy atom. The number of aromatic amines is 1. The average Bonchev–Trinajstić information content (AvgIpc) is 2.91. The van der Waals surface area contributed by atoms with E-state index in [1.807, 2.05) is 25.9 Å². The molecule has 1 aromatic heterocycles. The summed E-state index contributed by atoms with van der Waals surface area (Å²) in [5, 5.41) is 0. The van der Waals surface area contributed by atoms with E-state index in [-0.39, 0.29) is 5.91 Å². The maximum absolute atomic E-state index is 12.4. The van der Waals surface area contributed by atoms with E-state index in [2.05, 4.69) is 50.1 Å². The van der Waals surface area contributed by atoms with Gasteiger partial charge in [0.2, 0.25) is 0 Å². The fourth-order valence-corrected chi connectivity index (χ4v) is 2.45. The Kier molecular flexibility index (Phi) is 5.07. The van der Waals surface area contributed by atoms with Gasteiger partial charge in [-0.05, 0) is 46.6 Å². The van der Waals surface area contributed by atoms with Gasteiger partial charge >= 0.3 is 0 Å². The number of H-pyrrole nitrogens is 1. The Morgan fingerprint density at radius 1 is 1.24 bits per heavy atom. The summed E-state index contributed by atoms with van der Waals surface area (Å²) in [5.74, 6) is 0.0138. The number of hydrogen-bond acceptors (Lipinski definition) is 2. The molecule has 0 saturated heterocycles. The fraction of sp³-hybridized carbons (Fsp3) is 0.312. The molecule has 0 spiro atoms. The fourth-order valence-electron chi connectivity index (χ4n) is 2.11. The quantitative estimate of drug-likeness (QED) is 0.896. The zero-order valence-corrected chi connectivity index (χ0v) is 14.1. The second kappa shape index (κ2) is 6.80. The van der Waals surface area contributed by atoms with Crippen LogP contribution in [0.3, 0.4) is 0 Å². The normalized spacial score (nSPS) is 10.5. The number of halogens is 1. The molecule has 21 heavy (non-hydrogen) atoms. The van der Waals surface area contributed by atoms with E-state index in [0.717, 1.165) is 15.7 Å². The third-order valence-corrected chi connectivity index (χ3v) is 3.83. The lowest BCUT2D eigenvalue weighted by atomic mass is 10.2. The summed E-state index contributed by atoms with van der Waals surface area (Å²) in [6.45, 7) is 3.27. The van der Waals surface area contributed by atoms with E-state index in [4.69, 9.17) is 0 Å². The van der Waals surface area contributed by atoms with Crippen LogP contribution in [0.5, 0.6) is 0 Å². The number of anilines is 1. The SMILES string of the molecule is CCN(Cc1ccc(N(C)C)cc1)C(=O)c1cc(Br)c[nH]1. The van der Waals surface area contributed by atoms with Gasteiger partial charge in [-0.1, -0.05) is 12.1 Å². The molecule has 0 radical (unpaired) electrons. The second-order valence-corrected chi connectivity index (χ2v) is 6.03. The first kappa shape index (κ1) is 15.6. The monoisotopic (exact) mass is 349 g/mol. The topological polar surface area (TPSA) is 39.3 Å². The Labute approximate surface area is 133 Å². The minimum Gasteiger partial charge on any atom is -0.378 e. The first-order valence-corrected chi connectivity index (χ1v) is 7.70. The first-order chi connectivity index (χ1) is 10.0. The predicted octanol–water partition coefficient (Wildman–Crippen LogP) is 3.51. The number of aromatic nitrogens is 1. The molecule has 0 atom stereocenters. The van der Waals surface area contributed by atoms with Gasteiger partial charge in [0, 0.05) is 43.5 Å². The van der Waals surface area contributed by atoms with Crippen LogP contribution >= 0.6 is 15.9 Å². The van der Waals surface area contributed by atoms with Crippen LogP contribution in [0.1, 0.15) is 23.0 Å². The molecule has 1 aromatic carbocycles. The lowest BCUT2D eigenvalue weighted by molar-refractivity contribution is 0.0747. The van der Waals surface area contributed by atoms with Crippen LogP contribution in [0.25, 0.3) is 0 Å². The summed E-state index contributed by atoms with van der Waals surface area (Å²) in [5.41, 5.74) is 2.89. The van der Waals surface area contributed by atoms with Crippen molar-refractivity contribution in [2.24, 2.45) is 0 Å². The van der Waals surface area contributed by atoms with E-state index in [1.165, 1.54) is 0 Å². The van der Waals surface area contributed by atoms with Crippen molar-refractivity contribution in [3.05, 3.63) is 52.3 Å². The van der Waals surface area contributed by atoms with Crippen molar-refractivity contribution >= 4 is 27.5 Å². The molecule has 1 heterocycles. The van der Waals surface area contributed by atoms with E-state index < -0.39 is 0 Å². The van der Waals surface area contributed by atoms with Crippen LogP contribution < -0.4 is 4.90 Å². The Balaban J connectivity index is 2.10. The third-order valence-electron chi connectivity index (χ3n) is 3.37. The van der Waals surface area contributed by atoms with Crippen molar-refractivity contribution in [1.29, 1.82) is 0 Å². The highest BCUT2D eigenvalue weighted by Crippen LogP contribution is 2.16. The summed E-state index contributed by atoms with van der Waals surface area (Å²) < 4.78 is 0.886. The zero-order valence-electron chi connectivity index (χ0n) is 12.6. The van der Waals surface area contributed by atoms with Crippen molar-refractivity contribution in [1.82, 2.24) is 9.88 Å². The van der Waals surface area contributed by atoms with Crippen LogP contribution in [-0.4, -0.2) is 36.4 Å². The van der Waals surface area contributed by atoms with Gasteiger partial charge in [0.05, 0.1) is 0 Å². The van der Waals surface area contributed by atoms with E-state index in [1.54, 1.807) is 12.3 Å². The molecular formula is C16H20BrN3O. The highest BCUT2D eigenvalue weighted by molar-refractivity contribution is 9.10. The Hall–Kier alpha value is -1.75. The standard InChI is InChI=1S/C16H20BrN3O/c1-4-20(16(21)15-9-13(17)10-18-15)11-12-5-7-14(8-6-12)19(2)3/h5-10,18H,4,11H2,1-3H3. The van der Waals surface area contributed by atoms with E-state index in [0.29, 0.717) is 18.8 Å². The number of carbonyl (C=O) groups is 1. The van der Waals surface area contributed by atoms with Crippen molar-refractivity contribution in [2.45, 2.75) is 13.5 Å². The molecule has 0 aliphatic heterocycles. The average molecular weight is 350 g/mol. The molecule has 0 bridgehead atoms. The lowest BCUT2D eigenvalue weighted by Gasteiger charge is -2.21. The van der Waals surface area contributed by atoms with Gasteiger partial charge < -0.3 is 14.8 Å². The van der Waals surface area contributed by atoms with Crippen LogP contribution in [0.15, 0.2) is 41.0 Å². The van der Waals surface area contributed by atoms with E-state index >= 15 is 0 Å². The number of nitrogens with one attached hydrogen (secondary N) is 1. The molecular weight excluding hydrogens is 330 g/mol. The number of benzene rings is 1. The molecule has 5 heteroatoms. The van der Waals surface area contributed by atoms with Gasteiger partial charge in [-0.2, -0.15) is 0 Å². The molecule has 2 aromatic rings. The molecule has 0 saturated carbocycles. The zero-order chi connectivity index (χ0) is 15.4. The first-order valence-electron chi connectivity index (χ1n) is 6.90. The van der Waals surface area contributed by atoms with Crippen molar-refractivity contribution in [2.75, 3.05) is 25.5 Å². The summed E-state index contributed by atoms with van der Waals surface area (Å²) in [7, 11) is 4.03. The molecule has 0 aliphatic carbocycles. The number of carbonyl (C=O) groups excluding carboxylic acids is 1. The largest absolute Gasteiger partial charge is 0.378 e. The van der Waals surface area contributed by atoms with Gasteiger partial charge in [-0.15, -0.1) is 0 Å². The van der Waals surface area contributed by atoms with Crippen LogP contribution in [0, 0.1) is 0 Å². The maximum atomic E-state index is 12.4. The maximum Gasteiger partial charge on any atom is 0.270 e. The van der Waals surface area contributed by atoms with Crippen LogP contribution in [-0.2, 0) is 6.54 Å². The lowest BCUT2D eigenvalue weighted by Crippen LogP contribution is -2.30. The molecule has 1 N–H and O–H groups in total. The minimum atomic E-state index is 0.0138. The Morgan fingerprint density at radius 3 is 2.38 bits per heavy atom. The van der Waals surface area contributed by atoms with Crippen LogP contribution in [0.4, 0.5) is 5.69 Å². The van der Waals surface area contributed by atoms with Gasteiger partial charge in [0.25, 0.3) is 5.91 Å². The van der Waals surface area contributed by atoms with Crippen LogP contribution in [0.2, 0.25) is 0 Å². The van der Waals surface area contributed by atoms with Gasteiger partial charge in [-0.25, -0.2) is 0 Å². The molecule has 4 nitrogen and oxygen atoms in total. The molecule has 112 valence electrons. The number of nitrogens with zero attached hydrogens (tertiary/aromatic N) is 2. The van der Waals surface area contributed by atoms with Crippen molar-refractivity contribution in [3.63, 3.8) is 0 Å². The molecule has 0 aliphatic rings.